The normalized spacial score (nSPS) is 15.2. The molecule has 3 amide bonds. The Bertz CT molecular complexity index is 1190. The summed E-state index contributed by atoms with van der Waals surface area (Å²) in [5.74, 6) is -2.21. The fourth-order valence-corrected chi connectivity index (χ4v) is 4.70. The van der Waals surface area contributed by atoms with Crippen LogP contribution in [0.2, 0.25) is 0 Å². The van der Waals surface area contributed by atoms with Crippen LogP contribution in [-0.4, -0.2) is 66.2 Å². The van der Waals surface area contributed by atoms with E-state index in [-0.39, 0.29) is 31.8 Å². The van der Waals surface area contributed by atoms with Gasteiger partial charge >= 0.3 is 12.1 Å². The quantitative estimate of drug-likeness (QED) is 0.375. The zero-order valence-corrected chi connectivity index (χ0v) is 24.0. The lowest BCUT2D eigenvalue weighted by Gasteiger charge is -2.46. The van der Waals surface area contributed by atoms with Gasteiger partial charge in [0.15, 0.2) is 0 Å². The minimum absolute atomic E-state index is 0.0639. The predicted molar refractivity (Wildman–Crippen MR) is 150 cm³/mol. The maximum Gasteiger partial charge on any atom is 0.408 e. The van der Waals surface area contributed by atoms with E-state index in [1.54, 1.807) is 20.8 Å². The SMILES string of the molecule is COC(=O)C[C@H](NC(=O)OC(C)(C)C)C(=O)N(Cc1ccc(F)cc1)C1(C(=O)NCc2ccccc2)CCNCC1. The van der Waals surface area contributed by atoms with Gasteiger partial charge in [0.1, 0.15) is 23.0 Å². The molecule has 3 N–H and O–H groups in total. The van der Waals surface area contributed by atoms with Crippen LogP contribution in [0.5, 0.6) is 0 Å². The van der Waals surface area contributed by atoms with Crippen LogP contribution in [0.25, 0.3) is 0 Å². The summed E-state index contributed by atoms with van der Waals surface area (Å²) in [5, 5.41) is 8.72. The maximum atomic E-state index is 14.3. The minimum atomic E-state index is -1.38. The van der Waals surface area contributed by atoms with E-state index in [4.69, 9.17) is 9.47 Å². The minimum Gasteiger partial charge on any atom is -0.469 e. The van der Waals surface area contributed by atoms with Gasteiger partial charge in [-0.05, 0) is 70.0 Å². The molecular weight excluding hydrogens is 531 g/mol. The Morgan fingerprint density at radius 1 is 1.00 bits per heavy atom. The van der Waals surface area contributed by atoms with Crippen molar-refractivity contribution in [2.45, 2.75) is 70.3 Å². The van der Waals surface area contributed by atoms with Gasteiger partial charge in [0.25, 0.3) is 0 Å². The van der Waals surface area contributed by atoms with Crippen molar-refractivity contribution in [3.63, 3.8) is 0 Å². The second kappa shape index (κ2) is 14.1. The molecule has 1 saturated heterocycles. The van der Waals surface area contributed by atoms with Gasteiger partial charge in [-0.2, -0.15) is 0 Å². The summed E-state index contributed by atoms with van der Waals surface area (Å²) < 4.78 is 23.9. The molecule has 0 bridgehead atoms. The third-order valence-electron chi connectivity index (χ3n) is 6.77. The topological polar surface area (TPSA) is 126 Å². The lowest BCUT2D eigenvalue weighted by atomic mass is 9.84. The van der Waals surface area contributed by atoms with E-state index in [1.807, 2.05) is 30.3 Å². The molecule has 0 saturated carbocycles. The average Bonchev–Trinajstić information content (AvgIpc) is 2.94. The monoisotopic (exact) mass is 570 g/mol. The molecule has 1 heterocycles. The first kappa shape index (κ1) is 31.5. The molecule has 0 radical (unpaired) electrons. The van der Waals surface area contributed by atoms with E-state index >= 15 is 0 Å². The van der Waals surface area contributed by atoms with Gasteiger partial charge in [0.2, 0.25) is 11.8 Å². The Morgan fingerprint density at radius 2 is 1.63 bits per heavy atom. The number of methoxy groups -OCH3 is 1. The van der Waals surface area contributed by atoms with E-state index in [2.05, 4.69) is 16.0 Å². The number of benzene rings is 2. The molecule has 0 aliphatic carbocycles. The highest BCUT2D eigenvalue weighted by Crippen LogP contribution is 2.30. The highest BCUT2D eigenvalue weighted by atomic mass is 19.1. The Morgan fingerprint density at radius 3 is 2.22 bits per heavy atom. The van der Waals surface area contributed by atoms with Crippen LogP contribution < -0.4 is 16.0 Å². The van der Waals surface area contributed by atoms with Gasteiger partial charge < -0.3 is 30.3 Å². The molecule has 1 fully saturated rings. The zero-order valence-electron chi connectivity index (χ0n) is 24.0. The number of hydrogen-bond acceptors (Lipinski definition) is 7. The molecule has 0 aromatic heterocycles. The zero-order chi connectivity index (χ0) is 30.0. The van der Waals surface area contributed by atoms with Crippen molar-refractivity contribution in [3.8, 4) is 0 Å². The molecule has 11 heteroatoms. The van der Waals surface area contributed by atoms with E-state index in [1.165, 1.54) is 36.3 Å². The number of carbonyl (C=O) groups excluding carboxylic acids is 4. The van der Waals surface area contributed by atoms with Crippen LogP contribution in [-0.2, 0) is 36.9 Å². The highest BCUT2D eigenvalue weighted by molar-refractivity contribution is 5.96. The van der Waals surface area contributed by atoms with Crippen LogP contribution in [0.1, 0.15) is 51.2 Å². The lowest BCUT2D eigenvalue weighted by Crippen LogP contribution is -2.66. The van der Waals surface area contributed by atoms with E-state index in [0.717, 1.165) is 5.56 Å². The molecule has 3 rings (SSSR count). The number of amides is 3. The van der Waals surface area contributed by atoms with E-state index < -0.39 is 47.4 Å². The number of carbonyl (C=O) groups is 4. The Hall–Kier alpha value is -3.99. The van der Waals surface area contributed by atoms with E-state index in [0.29, 0.717) is 18.7 Å². The van der Waals surface area contributed by atoms with Crippen LogP contribution in [0.3, 0.4) is 0 Å². The van der Waals surface area contributed by atoms with Crippen molar-refractivity contribution in [3.05, 3.63) is 71.5 Å². The highest BCUT2D eigenvalue weighted by Gasteiger charge is 2.49. The standard InChI is InChI=1S/C30H39FN4O6/c1-29(2,3)41-28(39)34-24(18-25(36)40-4)26(37)35(20-22-10-12-23(31)13-11-22)30(14-16-32-17-15-30)27(38)33-19-21-8-6-5-7-9-21/h5-13,24,32H,14-20H2,1-4H3,(H,33,38)(H,34,39)/t24-/m0/s1. The number of rotatable bonds is 10. The fraction of sp³-hybridized carbons (Fsp3) is 0.467. The smallest absolute Gasteiger partial charge is 0.408 e. The molecule has 0 spiro atoms. The molecule has 222 valence electrons. The summed E-state index contributed by atoms with van der Waals surface area (Å²) in [6, 6.07) is 13.6. The van der Waals surface area contributed by atoms with Crippen LogP contribution in [0, 0.1) is 5.82 Å². The lowest BCUT2D eigenvalue weighted by molar-refractivity contribution is -0.154. The Balaban J connectivity index is 2.01. The summed E-state index contributed by atoms with van der Waals surface area (Å²) in [4.78, 5) is 54.8. The molecule has 1 atom stereocenters. The number of piperidine rings is 1. The second-order valence-corrected chi connectivity index (χ2v) is 11.0. The largest absolute Gasteiger partial charge is 0.469 e. The number of ether oxygens (including phenoxy) is 2. The number of halogens is 1. The van der Waals surface area contributed by atoms with Gasteiger partial charge in [-0.3, -0.25) is 14.4 Å². The van der Waals surface area contributed by atoms with E-state index in [9.17, 15) is 23.6 Å². The van der Waals surface area contributed by atoms with Crippen molar-refractivity contribution in [1.29, 1.82) is 0 Å². The van der Waals surface area contributed by atoms with Crippen LogP contribution >= 0.6 is 0 Å². The van der Waals surface area contributed by atoms with Gasteiger partial charge in [0.05, 0.1) is 13.5 Å². The Kier molecular flexibility index (Phi) is 10.8. The van der Waals surface area contributed by atoms with Crippen LogP contribution in [0.4, 0.5) is 9.18 Å². The summed E-state index contributed by atoms with van der Waals surface area (Å²) in [5.41, 5.74) is -0.723. The summed E-state index contributed by atoms with van der Waals surface area (Å²) >= 11 is 0. The van der Waals surface area contributed by atoms with Gasteiger partial charge in [-0.1, -0.05) is 42.5 Å². The third kappa shape index (κ3) is 9.01. The van der Waals surface area contributed by atoms with Gasteiger partial charge in [-0.15, -0.1) is 0 Å². The number of alkyl carbamates (subject to hydrolysis) is 1. The molecule has 2 aromatic carbocycles. The predicted octanol–water partition coefficient (Wildman–Crippen LogP) is 3.05. The summed E-state index contributed by atoms with van der Waals surface area (Å²) in [6.45, 7) is 6.10. The number of hydrogen-bond donors (Lipinski definition) is 3. The number of esters is 1. The third-order valence-corrected chi connectivity index (χ3v) is 6.77. The second-order valence-electron chi connectivity index (χ2n) is 11.0. The number of nitrogens with one attached hydrogen (secondary N) is 3. The first-order valence-electron chi connectivity index (χ1n) is 13.6. The molecule has 2 aromatic rings. The van der Waals surface area contributed by atoms with Crippen molar-refractivity contribution < 1.29 is 33.0 Å². The van der Waals surface area contributed by atoms with Gasteiger partial charge in [-0.25, -0.2) is 9.18 Å². The first-order chi connectivity index (χ1) is 19.4. The van der Waals surface area contributed by atoms with Crippen molar-refractivity contribution in [2.75, 3.05) is 20.2 Å². The molecule has 1 aliphatic heterocycles. The first-order valence-corrected chi connectivity index (χ1v) is 13.6. The van der Waals surface area contributed by atoms with Crippen molar-refractivity contribution >= 4 is 23.9 Å². The summed E-state index contributed by atoms with van der Waals surface area (Å²) in [6.07, 6.45) is -0.820. The average molecular weight is 571 g/mol. The molecular formula is C30H39FN4O6. The van der Waals surface area contributed by atoms with Crippen molar-refractivity contribution in [1.82, 2.24) is 20.9 Å². The molecule has 0 unspecified atom stereocenters. The van der Waals surface area contributed by atoms with Crippen LogP contribution in [0.15, 0.2) is 54.6 Å². The summed E-state index contributed by atoms with van der Waals surface area (Å²) in [7, 11) is 1.18. The molecule has 41 heavy (non-hydrogen) atoms. The van der Waals surface area contributed by atoms with Gasteiger partial charge in [0, 0.05) is 13.1 Å². The fourth-order valence-electron chi connectivity index (χ4n) is 4.70. The molecule has 10 nitrogen and oxygen atoms in total. The number of nitrogens with zero attached hydrogens (tertiary/aromatic N) is 1. The maximum absolute atomic E-state index is 14.3. The molecule has 1 aliphatic rings. The Labute approximate surface area is 239 Å². The van der Waals surface area contributed by atoms with Crippen molar-refractivity contribution in [2.24, 2.45) is 0 Å².